The molecule has 9 heteroatoms. The maximum atomic E-state index is 12.2. The number of thiazole rings is 1. The van der Waals surface area contributed by atoms with E-state index in [0.29, 0.717) is 10.0 Å². The first kappa shape index (κ1) is 19.9. The summed E-state index contributed by atoms with van der Waals surface area (Å²) >= 11 is 7.21. The molecule has 7 nitrogen and oxygen atoms in total. The predicted molar refractivity (Wildman–Crippen MR) is 99.2 cm³/mol. The van der Waals surface area contributed by atoms with E-state index in [9.17, 15) is 14.4 Å². The third-order valence-corrected chi connectivity index (χ3v) is 4.22. The predicted octanol–water partition coefficient (Wildman–Crippen LogP) is 3.24. The van der Waals surface area contributed by atoms with E-state index in [1.54, 1.807) is 32.0 Å². The smallest absolute Gasteiger partial charge is 0.358 e. The summed E-state index contributed by atoms with van der Waals surface area (Å²) in [5.41, 5.74) is 0.856. The van der Waals surface area contributed by atoms with E-state index < -0.39 is 24.0 Å². The number of esters is 1. The zero-order valence-corrected chi connectivity index (χ0v) is 16.0. The molecule has 2 aromatic rings. The van der Waals surface area contributed by atoms with Gasteiger partial charge >= 0.3 is 12.0 Å². The van der Waals surface area contributed by atoms with Crippen LogP contribution in [-0.4, -0.2) is 35.0 Å². The second-order valence-electron chi connectivity index (χ2n) is 5.71. The average molecular weight is 396 g/mol. The fourth-order valence-electron chi connectivity index (χ4n) is 1.91. The molecule has 0 saturated heterocycles. The lowest BCUT2D eigenvalue weighted by atomic mass is 10.2. The van der Waals surface area contributed by atoms with E-state index in [1.165, 1.54) is 23.6 Å². The van der Waals surface area contributed by atoms with Crippen LogP contribution in [0.2, 0.25) is 5.02 Å². The van der Waals surface area contributed by atoms with Crippen LogP contribution in [0.1, 0.15) is 31.3 Å². The van der Waals surface area contributed by atoms with Crippen LogP contribution in [0.5, 0.6) is 0 Å². The minimum absolute atomic E-state index is 0.0799. The summed E-state index contributed by atoms with van der Waals surface area (Å²) in [6.45, 7) is 4.89. The molecular formula is C17H18ClN3O4S. The van der Waals surface area contributed by atoms with Crippen LogP contribution >= 0.6 is 22.9 Å². The van der Waals surface area contributed by atoms with Crippen LogP contribution in [0.25, 0.3) is 10.6 Å². The van der Waals surface area contributed by atoms with Crippen molar-refractivity contribution in [2.45, 2.75) is 32.9 Å². The minimum atomic E-state index is -1.14. The summed E-state index contributed by atoms with van der Waals surface area (Å²) in [4.78, 5) is 39.7. The number of urea groups is 1. The van der Waals surface area contributed by atoms with Gasteiger partial charge in [0, 0.05) is 22.0 Å². The fraction of sp³-hybridized carbons (Fsp3) is 0.294. The normalized spacial score (nSPS) is 11.7. The molecule has 0 radical (unpaired) electrons. The fourth-order valence-corrected chi connectivity index (χ4v) is 2.88. The van der Waals surface area contributed by atoms with Gasteiger partial charge in [0.1, 0.15) is 5.01 Å². The number of aromatic nitrogens is 1. The summed E-state index contributed by atoms with van der Waals surface area (Å²) in [7, 11) is 0. The minimum Gasteiger partial charge on any atom is -0.448 e. The van der Waals surface area contributed by atoms with Crippen molar-refractivity contribution in [1.82, 2.24) is 15.6 Å². The molecule has 0 aliphatic rings. The topological polar surface area (TPSA) is 97.4 Å². The Labute approximate surface area is 159 Å². The maximum Gasteiger partial charge on any atom is 0.358 e. The average Bonchev–Trinajstić information content (AvgIpc) is 3.04. The van der Waals surface area contributed by atoms with E-state index in [-0.39, 0.29) is 11.7 Å². The van der Waals surface area contributed by atoms with Crippen LogP contribution in [0, 0.1) is 0 Å². The number of amides is 3. The Morgan fingerprint density at radius 2 is 1.96 bits per heavy atom. The van der Waals surface area contributed by atoms with Gasteiger partial charge in [-0.25, -0.2) is 14.6 Å². The molecule has 0 aliphatic carbocycles. The van der Waals surface area contributed by atoms with Crippen molar-refractivity contribution < 1.29 is 19.1 Å². The third-order valence-electron chi connectivity index (χ3n) is 3.09. The number of carbonyl (C=O) groups excluding carboxylic acids is 3. The van der Waals surface area contributed by atoms with Crippen molar-refractivity contribution in [3.8, 4) is 10.6 Å². The van der Waals surface area contributed by atoms with E-state index in [1.807, 2.05) is 6.07 Å². The van der Waals surface area contributed by atoms with Gasteiger partial charge in [0.15, 0.2) is 11.8 Å². The number of nitrogens with one attached hydrogen (secondary N) is 2. The van der Waals surface area contributed by atoms with Gasteiger partial charge < -0.3 is 10.1 Å². The Balaban J connectivity index is 1.97. The highest BCUT2D eigenvalue weighted by atomic mass is 35.5. The van der Waals surface area contributed by atoms with E-state index in [4.69, 9.17) is 16.3 Å². The number of nitrogens with zero attached hydrogens (tertiary/aromatic N) is 1. The van der Waals surface area contributed by atoms with Crippen LogP contribution in [-0.2, 0) is 9.53 Å². The van der Waals surface area contributed by atoms with Gasteiger partial charge in [0.2, 0.25) is 0 Å². The van der Waals surface area contributed by atoms with Crippen molar-refractivity contribution in [2.24, 2.45) is 0 Å². The van der Waals surface area contributed by atoms with Crippen LogP contribution in [0.4, 0.5) is 4.79 Å². The molecule has 0 saturated carbocycles. The molecule has 1 atom stereocenters. The SMILES string of the molecule is CC(C)NC(=O)NC(=O)[C@H](C)OC(=O)c1csc(-c2cccc(Cl)c2)n1. The number of hydrogen-bond donors (Lipinski definition) is 2. The number of hydrogen-bond acceptors (Lipinski definition) is 6. The van der Waals surface area contributed by atoms with Gasteiger partial charge in [-0.1, -0.05) is 23.7 Å². The maximum absolute atomic E-state index is 12.2. The summed E-state index contributed by atoms with van der Waals surface area (Å²) in [6, 6.07) is 6.31. The second-order valence-corrected chi connectivity index (χ2v) is 7.01. The number of rotatable bonds is 5. The van der Waals surface area contributed by atoms with Gasteiger partial charge in [0.05, 0.1) is 0 Å². The highest BCUT2D eigenvalue weighted by Crippen LogP contribution is 2.26. The molecule has 0 unspecified atom stereocenters. The molecular weight excluding hydrogens is 378 g/mol. The number of imide groups is 1. The first-order valence-electron chi connectivity index (χ1n) is 7.80. The molecule has 3 amide bonds. The van der Waals surface area contributed by atoms with Gasteiger partial charge in [0.25, 0.3) is 5.91 Å². The first-order valence-corrected chi connectivity index (χ1v) is 9.06. The summed E-state index contributed by atoms with van der Waals surface area (Å²) in [5, 5.41) is 7.32. The molecule has 0 fully saturated rings. The second kappa shape index (κ2) is 8.77. The molecule has 0 bridgehead atoms. The summed E-state index contributed by atoms with van der Waals surface area (Å²) < 4.78 is 5.06. The van der Waals surface area contributed by atoms with Gasteiger partial charge in [-0.2, -0.15) is 0 Å². The van der Waals surface area contributed by atoms with Crippen molar-refractivity contribution >= 4 is 40.8 Å². The van der Waals surface area contributed by atoms with Crippen LogP contribution < -0.4 is 10.6 Å². The number of carbonyl (C=O) groups is 3. The Morgan fingerprint density at radius 3 is 2.62 bits per heavy atom. The monoisotopic (exact) mass is 395 g/mol. The molecule has 2 N–H and O–H groups in total. The zero-order valence-electron chi connectivity index (χ0n) is 14.4. The molecule has 138 valence electrons. The molecule has 1 heterocycles. The van der Waals surface area contributed by atoms with Gasteiger partial charge in [-0.15, -0.1) is 11.3 Å². The molecule has 1 aromatic carbocycles. The highest BCUT2D eigenvalue weighted by Gasteiger charge is 2.22. The zero-order chi connectivity index (χ0) is 19.3. The first-order chi connectivity index (χ1) is 12.3. The lowest BCUT2D eigenvalue weighted by Gasteiger charge is -2.13. The largest absolute Gasteiger partial charge is 0.448 e. The quantitative estimate of drug-likeness (QED) is 0.757. The van der Waals surface area contributed by atoms with E-state index in [0.717, 1.165) is 5.56 Å². The van der Waals surface area contributed by atoms with E-state index >= 15 is 0 Å². The summed E-state index contributed by atoms with van der Waals surface area (Å²) in [5.74, 6) is -1.47. The Bertz CT molecular complexity index is 822. The Hall–Kier alpha value is -2.45. The molecule has 26 heavy (non-hydrogen) atoms. The lowest BCUT2D eigenvalue weighted by molar-refractivity contribution is -0.127. The third kappa shape index (κ3) is 5.53. The summed E-state index contributed by atoms with van der Waals surface area (Å²) in [6.07, 6.45) is -1.14. The van der Waals surface area contributed by atoms with Gasteiger partial charge in [-0.3, -0.25) is 10.1 Å². The standard InChI is InChI=1S/C17H18ClN3O4S/c1-9(2)19-17(24)21-14(22)10(3)25-16(23)13-8-26-15(20-13)11-5-4-6-12(18)7-11/h4-10H,1-3H3,(H2,19,21,22,24)/t10-/m0/s1. The Kier molecular flexibility index (Phi) is 6.70. The molecule has 0 aliphatic heterocycles. The highest BCUT2D eigenvalue weighted by molar-refractivity contribution is 7.13. The van der Waals surface area contributed by atoms with Crippen molar-refractivity contribution in [2.75, 3.05) is 0 Å². The van der Waals surface area contributed by atoms with Crippen LogP contribution in [0.15, 0.2) is 29.6 Å². The van der Waals surface area contributed by atoms with Gasteiger partial charge in [-0.05, 0) is 32.9 Å². The van der Waals surface area contributed by atoms with Crippen LogP contribution in [0.3, 0.4) is 0 Å². The Morgan fingerprint density at radius 1 is 1.23 bits per heavy atom. The molecule has 2 rings (SSSR count). The number of halogens is 1. The lowest BCUT2D eigenvalue weighted by Crippen LogP contribution is -2.46. The molecule has 1 aromatic heterocycles. The molecule has 0 spiro atoms. The number of ether oxygens (including phenoxy) is 1. The van der Waals surface area contributed by atoms with E-state index in [2.05, 4.69) is 15.6 Å². The van der Waals surface area contributed by atoms with Crippen molar-refractivity contribution in [3.63, 3.8) is 0 Å². The van der Waals surface area contributed by atoms with Crippen molar-refractivity contribution in [3.05, 3.63) is 40.4 Å². The number of benzene rings is 1. The van der Waals surface area contributed by atoms with Crippen molar-refractivity contribution in [1.29, 1.82) is 0 Å².